The molecule has 1 atom stereocenters. The molecule has 1 fully saturated rings. The van der Waals surface area contributed by atoms with Crippen LogP contribution in [0.2, 0.25) is 5.02 Å². The SMILES string of the molecule is CN(CCCNC(=NCCCOc1ccc(CN2CCCCC2)cc1)NC#N)CCC(c1ccc(Cl)cc1)c1ccccn1. The largest absolute Gasteiger partial charge is 0.494 e. The first-order valence-electron chi connectivity index (χ1n) is 15.8. The monoisotopic (exact) mass is 615 g/mol. The Morgan fingerprint density at radius 3 is 2.57 bits per heavy atom. The van der Waals surface area contributed by atoms with Crippen molar-refractivity contribution in [2.24, 2.45) is 4.99 Å². The van der Waals surface area contributed by atoms with Crippen molar-refractivity contribution in [1.29, 1.82) is 5.26 Å². The number of piperidine rings is 1. The molecule has 1 aliphatic rings. The highest BCUT2D eigenvalue weighted by atomic mass is 35.5. The molecule has 2 aromatic carbocycles. The number of rotatable bonds is 16. The van der Waals surface area contributed by atoms with E-state index in [1.807, 2.05) is 36.7 Å². The minimum atomic E-state index is 0.209. The second-order valence-corrected chi connectivity index (χ2v) is 11.8. The number of hydrogen-bond donors (Lipinski definition) is 2. The summed E-state index contributed by atoms with van der Waals surface area (Å²) in [7, 11) is 2.14. The molecule has 3 aromatic rings. The van der Waals surface area contributed by atoms with Crippen LogP contribution in [0.1, 0.15) is 61.3 Å². The van der Waals surface area contributed by atoms with Crippen LogP contribution in [0.4, 0.5) is 0 Å². The maximum Gasteiger partial charge on any atom is 0.204 e. The Morgan fingerprint density at radius 2 is 1.84 bits per heavy atom. The highest BCUT2D eigenvalue weighted by Crippen LogP contribution is 2.28. The number of likely N-dealkylation sites (tertiary alicyclic amines) is 1. The van der Waals surface area contributed by atoms with Gasteiger partial charge in [-0.15, -0.1) is 0 Å². The summed E-state index contributed by atoms with van der Waals surface area (Å²) in [6.45, 7) is 7.15. The van der Waals surface area contributed by atoms with E-state index >= 15 is 0 Å². The summed E-state index contributed by atoms with van der Waals surface area (Å²) in [6, 6.07) is 22.6. The first-order chi connectivity index (χ1) is 21.6. The Morgan fingerprint density at radius 1 is 1.05 bits per heavy atom. The number of nitrogens with one attached hydrogen (secondary N) is 2. The van der Waals surface area contributed by atoms with Gasteiger partial charge in [-0.25, -0.2) is 0 Å². The van der Waals surface area contributed by atoms with E-state index in [1.165, 1.54) is 43.5 Å². The van der Waals surface area contributed by atoms with Crippen molar-refractivity contribution in [1.82, 2.24) is 25.4 Å². The molecule has 1 aliphatic heterocycles. The van der Waals surface area contributed by atoms with Gasteiger partial charge in [-0.3, -0.25) is 20.2 Å². The smallest absolute Gasteiger partial charge is 0.204 e. The topological polar surface area (TPSA) is 88.8 Å². The lowest BCUT2D eigenvalue weighted by atomic mass is 9.92. The molecule has 44 heavy (non-hydrogen) atoms. The van der Waals surface area contributed by atoms with Gasteiger partial charge < -0.3 is 15.0 Å². The zero-order valence-electron chi connectivity index (χ0n) is 25.9. The van der Waals surface area contributed by atoms with Crippen LogP contribution >= 0.6 is 11.6 Å². The third-order valence-electron chi connectivity index (χ3n) is 7.92. The van der Waals surface area contributed by atoms with Gasteiger partial charge in [0.2, 0.25) is 5.96 Å². The average molecular weight is 616 g/mol. The van der Waals surface area contributed by atoms with E-state index < -0.39 is 0 Å². The molecule has 9 heteroatoms. The average Bonchev–Trinajstić information content (AvgIpc) is 3.05. The van der Waals surface area contributed by atoms with Crippen LogP contribution in [-0.4, -0.2) is 73.7 Å². The molecule has 2 N–H and O–H groups in total. The van der Waals surface area contributed by atoms with Gasteiger partial charge in [-0.1, -0.05) is 48.4 Å². The van der Waals surface area contributed by atoms with Crippen LogP contribution < -0.4 is 15.4 Å². The number of ether oxygens (including phenoxy) is 1. The Hall–Kier alpha value is -3.64. The summed E-state index contributed by atoms with van der Waals surface area (Å²) in [6.07, 6.45) is 10.5. The van der Waals surface area contributed by atoms with Crippen molar-refractivity contribution in [3.63, 3.8) is 0 Å². The normalized spacial score (nSPS) is 14.6. The molecular weight excluding hydrogens is 570 g/mol. The van der Waals surface area contributed by atoms with Crippen LogP contribution in [-0.2, 0) is 6.54 Å². The molecule has 2 heterocycles. The fourth-order valence-electron chi connectivity index (χ4n) is 5.48. The minimum Gasteiger partial charge on any atom is -0.494 e. The fraction of sp³-hybridized carbons (Fsp3) is 0.457. The van der Waals surface area contributed by atoms with Crippen molar-refractivity contribution in [2.45, 2.75) is 51.0 Å². The predicted octanol–water partition coefficient (Wildman–Crippen LogP) is 6.05. The number of benzene rings is 2. The Balaban J connectivity index is 1.12. The van der Waals surface area contributed by atoms with E-state index in [0.29, 0.717) is 19.1 Å². The fourth-order valence-corrected chi connectivity index (χ4v) is 5.61. The summed E-state index contributed by atoms with van der Waals surface area (Å²) >= 11 is 6.13. The second-order valence-electron chi connectivity index (χ2n) is 11.4. The van der Waals surface area contributed by atoms with Crippen molar-refractivity contribution in [3.8, 4) is 11.9 Å². The lowest BCUT2D eigenvalue weighted by molar-refractivity contribution is 0.221. The van der Waals surface area contributed by atoms with Crippen molar-refractivity contribution in [2.75, 3.05) is 52.9 Å². The lowest BCUT2D eigenvalue weighted by Gasteiger charge is -2.26. The number of guanidine groups is 1. The predicted molar refractivity (Wildman–Crippen MR) is 179 cm³/mol. The molecule has 4 rings (SSSR count). The molecule has 0 bridgehead atoms. The Kier molecular flexibility index (Phi) is 14.3. The third kappa shape index (κ3) is 11.8. The maximum atomic E-state index is 9.15. The van der Waals surface area contributed by atoms with Gasteiger partial charge >= 0.3 is 0 Å². The molecule has 1 unspecified atom stereocenters. The maximum absolute atomic E-state index is 9.15. The summed E-state index contributed by atoms with van der Waals surface area (Å²) in [5, 5.41) is 15.8. The molecule has 0 saturated carbocycles. The molecule has 234 valence electrons. The molecular formula is C35H46ClN7O. The molecule has 0 aliphatic carbocycles. The van der Waals surface area contributed by atoms with Crippen LogP contribution in [0, 0.1) is 11.5 Å². The highest BCUT2D eigenvalue weighted by Gasteiger charge is 2.16. The number of hydrogen-bond acceptors (Lipinski definition) is 6. The van der Waals surface area contributed by atoms with E-state index in [0.717, 1.165) is 61.9 Å². The number of halogens is 1. The van der Waals surface area contributed by atoms with Gasteiger partial charge in [0.1, 0.15) is 5.75 Å². The summed E-state index contributed by atoms with van der Waals surface area (Å²) in [5.41, 5.74) is 3.62. The van der Waals surface area contributed by atoms with Gasteiger partial charge in [-0.05, 0) is 106 Å². The van der Waals surface area contributed by atoms with E-state index in [-0.39, 0.29) is 5.92 Å². The van der Waals surface area contributed by atoms with Crippen molar-refractivity contribution in [3.05, 3.63) is 94.8 Å². The molecule has 0 radical (unpaired) electrons. The van der Waals surface area contributed by atoms with Gasteiger partial charge in [0.05, 0.1) is 6.61 Å². The van der Waals surface area contributed by atoms with Gasteiger partial charge in [0, 0.05) is 48.9 Å². The number of nitriles is 1. The summed E-state index contributed by atoms with van der Waals surface area (Å²) in [4.78, 5) is 14.0. The zero-order chi connectivity index (χ0) is 30.8. The molecule has 0 amide bonds. The van der Waals surface area contributed by atoms with Crippen LogP contribution in [0.5, 0.6) is 5.75 Å². The van der Waals surface area contributed by atoms with Crippen LogP contribution in [0.15, 0.2) is 77.9 Å². The summed E-state index contributed by atoms with van der Waals surface area (Å²) < 4.78 is 5.91. The van der Waals surface area contributed by atoms with E-state index in [2.05, 4.69) is 79.9 Å². The third-order valence-corrected chi connectivity index (χ3v) is 8.17. The number of aromatic nitrogens is 1. The van der Waals surface area contributed by atoms with Gasteiger partial charge in [0.25, 0.3) is 0 Å². The molecule has 8 nitrogen and oxygen atoms in total. The van der Waals surface area contributed by atoms with E-state index in [1.54, 1.807) is 0 Å². The van der Waals surface area contributed by atoms with Crippen molar-refractivity contribution < 1.29 is 4.74 Å². The first kappa shape index (κ1) is 33.3. The van der Waals surface area contributed by atoms with E-state index in [4.69, 9.17) is 21.6 Å². The Labute approximate surface area is 268 Å². The molecule has 1 aromatic heterocycles. The van der Waals surface area contributed by atoms with Crippen LogP contribution in [0.3, 0.4) is 0 Å². The number of aliphatic imine (C=N–C) groups is 1. The highest BCUT2D eigenvalue weighted by molar-refractivity contribution is 6.30. The van der Waals surface area contributed by atoms with Crippen LogP contribution in [0.25, 0.3) is 0 Å². The zero-order valence-corrected chi connectivity index (χ0v) is 26.7. The van der Waals surface area contributed by atoms with Gasteiger partial charge in [0.15, 0.2) is 6.19 Å². The molecule has 0 spiro atoms. The number of pyridine rings is 1. The second kappa shape index (κ2) is 18.9. The standard InChI is InChI=1S/C35H46ClN7O/c1-42(25-18-33(34-9-3-4-19-38-34)30-12-14-31(36)15-13-30)22-7-20-39-35(41-28-37)40-21-8-26-44-32-16-10-29(11-17-32)27-43-23-5-2-6-24-43/h3-4,9-17,19,33H,2,5-8,18,20-27H2,1H3,(H2,39,40,41). The lowest BCUT2D eigenvalue weighted by Crippen LogP contribution is -2.36. The molecule has 1 saturated heterocycles. The first-order valence-corrected chi connectivity index (χ1v) is 16.2. The van der Waals surface area contributed by atoms with E-state index in [9.17, 15) is 0 Å². The summed E-state index contributed by atoms with van der Waals surface area (Å²) in [5.74, 6) is 1.60. The minimum absolute atomic E-state index is 0.209. The van der Waals surface area contributed by atoms with Gasteiger partial charge in [-0.2, -0.15) is 5.26 Å². The van der Waals surface area contributed by atoms with Crippen molar-refractivity contribution >= 4 is 17.6 Å². The number of nitrogens with zero attached hydrogens (tertiary/aromatic N) is 5. The Bertz CT molecular complexity index is 1290. The quantitative estimate of drug-likeness (QED) is 0.0667.